The summed E-state index contributed by atoms with van der Waals surface area (Å²) in [6.45, 7) is 0.654. The van der Waals surface area contributed by atoms with E-state index in [0.717, 1.165) is 18.5 Å². The van der Waals surface area contributed by atoms with Crippen LogP contribution in [0.4, 0.5) is 11.5 Å². The van der Waals surface area contributed by atoms with Crippen molar-refractivity contribution in [3.05, 3.63) is 42.1 Å². The molecule has 2 aromatic rings. The van der Waals surface area contributed by atoms with Crippen molar-refractivity contribution in [2.24, 2.45) is 5.73 Å². The molecule has 9 nitrogen and oxygen atoms in total. The van der Waals surface area contributed by atoms with Gasteiger partial charge >= 0.3 is 0 Å². The van der Waals surface area contributed by atoms with Crippen molar-refractivity contribution in [2.45, 2.75) is 42.9 Å². The standard InChI is InChI=1S/C20H24N6O3S/c21-11-8-20(9-12-25(13-10-20)30(28,29)16-6-7-16)26-14-17(18(22)27)19(24-26)23-15-4-2-1-3-5-15/h1-5,14,16H,6-10,12-13H2,(H2,22,27)(H,23,24). The molecule has 2 aliphatic rings. The summed E-state index contributed by atoms with van der Waals surface area (Å²) < 4.78 is 28.3. The minimum atomic E-state index is -3.26. The number of carbonyl (C=O) groups is 1. The quantitative estimate of drug-likeness (QED) is 0.692. The molecular formula is C20H24N6O3S. The molecule has 1 aliphatic heterocycles. The molecule has 158 valence electrons. The Morgan fingerprint density at radius 1 is 1.27 bits per heavy atom. The maximum absolute atomic E-state index is 12.6. The summed E-state index contributed by atoms with van der Waals surface area (Å²) >= 11 is 0. The maximum atomic E-state index is 12.6. The summed E-state index contributed by atoms with van der Waals surface area (Å²) in [5, 5.41) is 16.9. The van der Waals surface area contributed by atoms with Crippen molar-refractivity contribution < 1.29 is 13.2 Å². The lowest BCUT2D eigenvalue weighted by Gasteiger charge is -2.40. The molecule has 1 aliphatic carbocycles. The molecule has 0 radical (unpaired) electrons. The minimum Gasteiger partial charge on any atom is -0.365 e. The van der Waals surface area contributed by atoms with Crippen LogP contribution in [0.5, 0.6) is 0 Å². The zero-order valence-electron chi connectivity index (χ0n) is 16.5. The predicted molar refractivity (Wildman–Crippen MR) is 111 cm³/mol. The molecule has 0 atom stereocenters. The van der Waals surface area contributed by atoms with Crippen LogP contribution in [0.25, 0.3) is 0 Å². The van der Waals surface area contributed by atoms with Gasteiger partial charge in [0.2, 0.25) is 10.0 Å². The number of benzene rings is 1. The second-order valence-electron chi connectivity index (χ2n) is 7.89. The van der Waals surface area contributed by atoms with Gasteiger partial charge in [0.05, 0.1) is 23.3 Å². The fourth-order valence-electron chi connectivity index (χ4n) is 3.92. The number of aromatic nitrogens is 2. The molecule has 3 N–H and O–H groups in total. The molecule has 0 spiro atoms. The van der Waals surface area contributed by atoms with E-state index in [0.29, 0.717) is 31.7 Å². The molecule has 4 rings (SSSR count). The Morgan fingerprint density at radius 2 is 1.93 bits per heavy atom. The van der Waals surface area contributed by atoms with E-state index in [1.807, 2.05) is 30.3 Å². The Kier molecular flexibility index (Phi) is 5.26. The second kappa shape index (κ2) is 7.74. The highest BCUT2D eigenvalue weighted by Crippen LogP contribution is 2.38. The van der Waals surface area contributed by atoms with Crippen molar-refractivity contribution >= 4 is 27.4 Å². The molecule has 2 heterocycles. The van der Waals surface area contributed by atoms with Crippen molar-refractivity contribution in [1.29, 1.82) is 5.26 Å². The first kappa shape index (κ1) is 20.4. The SMILES string of the molecule is N#CCC1(n2cc(C(N)=O)c(Nc3ccccc3)n2)CCN(S(=O)(=O)C2CC2)CC1. The first-order chi connectivity index (χ1) is 14.4. The topological polar surface area (TPSA) is 134 Å². The van der Waals surface area contributed by atoms with Gasteiger partial charge in [0.1, 0.15) is 5.56 Å². The Labute approximate surface area is 175 Å². The third-order valence-electron chi connectivity index (χ3n) is 5.87. The number of hydrogen-bond donors (Lipinski definition) is 2. The number of nitrogens with one attached hydrogen (secondary N) is 1. The van der Waals surface area contributed by atoms with Gasteiger partial charge in [-0.3, -0.25) is 9.48 Å². The first-order valence-electron chi connectivity index (χ1n) is 9.94. The fourth-order valence-corrected chi connectivity index (χ4v) is 5.76. The molecule has 1 aromatic carbocycles. The highest BCUT2D eigenvalue weighted by Gasteiger charge is 2.45. The largest absolute Gasteiger partial charge is 0.365 e. The van der Waals surface area contributed by atoms with E-state index in [1.54, 1.807) is 10.9 Å². The number of primary amides is 1. The van der Waals surface area contributed by atoms with Gasteiger partial charge in [-0.25, -0.2) is 12.7 Å². The summed E-state index contributed by atoms with van der Waals surface area (Å²) in [5.74, 6) is -0.306. The van der Waals surface area contributed by atoms with E-state index in [4.69, 9.17) is 5.73 Å². The minimum absolute atomic E-state index is 0.162. The highest BCUT2D eigenvalue weighted by molar-refractivity contribution is 7.90. The monoisotopic (exact) mass is 428 g/mol. The summed E-state index contributed by atoms with van der Waals surface area (Å²) in [7, 11) is -3.26. The molecule has 1 aromatic heterocycles. The Bertz CT molecular complexity index is 1080. The normalized spacial score (nSPS) is 19.2. The number of carbonyl (C=O) groups excluding carboxylic acids is 1. The Hall–Kier alpha value is -2.90. The smallest absolute Gasteiger partial charge is 0.254 e. The van der Waals surface area contributed by atoms with E-state index in [1.165, 1.54) is 4.31 Å². The first-order valence-corrected chi connectivity index (χ1v) is 11.4. The van der Waals surface area contributed by atoms with Gasteiger partial charge in [-0.05, 0) is 37.8 Å². The number of rotatable bonds is 7. The van der Waals surface area contributed by atoms with Crippen LogP contribution in [0.1, 0.15) is 42.5 Å². The van der Waals surface area contributed by atoms with E-state index < -0.39 is 21.5 Å². The van der Waals surface area contributed by atoms with Crippen LogP contribution in [0, 0.1) is 11.3 Å². The predicted octanol–water partition coefficient (Wildman–Crippen LogP) is 1.92. The van der Waals surface area contributed by atoms with Crippen LogP contribution in [-0.4, -0.2) is 46.8 Å². The number of amides is 1. The molecule has 1 saturated heterocycles. The molecule has 1 amide bonds. The van der Waals surface area contributed by atoms with Gasteiger partial charge in [0, 0.05) is 25.0 Å². The molecule has 0 unspecified atom stereocenters. The van der Waals surface area contributed by atoms with Crippen LogP contribution in [0.15, 0.2) is 36.5 Å². The van der Waals surface area contributed by atoms with Gasteiger partial charge in [-0.15, -0.1) is 0 Å². The van der Waals surface area contributed by atoms with E-state index in [9.17, 15) is 18.5 Å². The number of piperidine rings is 1. The third kappa shape index (κ3) is 3.78. The lowest BCUT2D eigenvalue weighted by molar-refractivity contribution is 0.1000. The van der Waals surface area contributed by atoms with Crippen molar-refractivity contribution in [3.63, 3.8) is 0 Å². The average molecular weight is 429 g/mol. The number of nitrogens with zero attached hydrogens (tertiary/aromatic N) is 4. The zero-order chi connectivity index (χ0) is 21.4. The molecule has 1 saturated carbocycles. The van der Waals surface area contributed by atoms with Gasteiger partial charge in [0.25, 0.3) is 5.91 Å². The van der Waals surface area contributed by atoms with Gasteiger partial charge in [0.15, 0.2) is 5.82 Å². The summed E-state index contributed by atoms with van der Waals surface area (Å²) in [4.78, 5) is 12.0. The van der Waals surface area contributed by atoms with Gasteiger partial charge < -0.3 is 11.1 Å². The van der Waals surface area contributed by atoms with E-state index >= 15 is 0 Å². The number of hydrogen-bond acceptors (Lipinski definition) is 6. The summed E-state index contributed by atoms with van der Waals surface area (Å²) in [6, 6.07) is 11.5. The number of nitriles is 1. The van der Waals surface area contributed by atoms with Crippen LogP contribution in [0.2, 0.25) is 0 Å². The zero-order valence-corrected chi connectivity index (χ0v) is 17.3. The van der Waals surface area contributed by atoms with E-state index in [-0.39, 0.29) is 17.2 Å². The molecular weight excluding hydrogens is 404 g/mol. The third-order valence-corrected chi connectivity index (χ3v) is 8.27. The number of sulfonamides is 1. The molecule has 30 heavy (non-hydrogen) atoms. The second-order valence-corrected chi connectivity index (χ2v) is 10.1. The van der Waals surface area contributed by atoms with Crippen LogP contribution < -0.4 is 11.1 Å². The number of nitrogens with two attached hydrogens (primary N) is 1. The number of anilines is 2. The molecule has 0 bridgehead atoms. The van der Waals surface area contributed by atoms with E-state index in [2.05, 4.69) is 16.5 Å². The summed E-state index contributed by atoms with van der Waals surface area (Å²) in [6.07, 6.45) is 4.05. The lowest BCUT2D eigenvalue weighted by Crippen LogP contribution is -2.49. The molecule has 10 heteroatoms. The van der Waals surface area contributed by atoms with Crippen LogP contribution in [0.3, 0.4) is 0 Å². The summed E-state index contributed by atoms with van der Waals surface area (Å²) in [5.41, 5.74) is 5.85. The Balaban J connectivity index is 1.62. The van der Waals surface area contributed by atoms with Gasteiger partial charge in [-0.1, -0.05) is 18.2 Å². The lowest BCUT2D eigenvalue weighted by atomic mass is 9.86. The van der Waals surface area contributed by atoms with Crippen LogP contribution >= 0.6 is 0 Å². The van der Waals surface area contributed by atoms with Crippen LogP contribution in [-0.2, 0) is 15.6 Å². The van der Waals surface area contributed by atoms with Gasteiger partial charge in [-0.2, -0.15) is 10.4 Å². The molecule has 2 fully saturated rings. The van der Waals surface area contributed by atoms with Crippen molar-refractivity contribution in [3.8, 4) is 6.07 Å². The average Bonchev–Trinajstić information content (AvgIpc) is 3.51. The fraction of sp³-hybridized carbons (Fsp3) is 0.450. The van der Waals surface area contributed by atoms with Crippen molar-refractivity contribution in [1.82, 2.24) is 14.1 Å². The van der Waals surface area contributed by atoms with Crippen molar-refractivity contribution in [2.75, 3.05) is 18.4 Å². The maximum Gasteiger partial charge on any atom is 0.254 e. The number of para-hydroxylation sites is 1. The Morgan fingerprint density at radius 3 is 2.50 bits per heavy atom. The highest BCUT2D eigenvalue weighted by atomic mass is 32.2.